The summed E-state index contributed by atoms with van der Waals surface area (Å²) in [4.78, 5) is 19.7. The lowest BCUT2D eigenvalue weighted by molar-refractivity contribution is -0.126. The van der Waals surface area contributed by atoms with E-state index in [9.17, 15) is 4.79 Å². The van der Waals surface area contributed by atoms with Crippen LogP contribution in [0.1, 0.15) is 31.9 Å². The van der Waals surface area contributed by atoms with Gasteiger partial charge < -0.3 is 4.74 Å². The topological polar surface area (TPSA) is 52.1 Å². The Morgan fingerprint density at radius 3 is 3.00 bits per heavy atom. The predicted octanol–water partition coefficient (Wildman–Crippen LogP) is 2.95. The number of carbonyl (C=O) groups excluding carboxylic acids is 1. The Morgan fingerprint density at radius 2 is 2.19 bits per heavy atom. The van der Waals surface area contributed by atoms with Gasteiger partial charge >= 0.3 is 0 Å². The van der Waals surface area contributed by atoms with E-state index in [1.807, 2.05) is 12.1 Å². The van der Waals surface area contributed by atoms with Gasteiger partial charge in [-0.1, -0.05) is 0 Å². The molecule has 4 nitrogen and oxygen atoms in total. The smallest absolute Gasteiger partial charge is 0.159 e. The zero-order valence-electron chi connectivity index (χ0n) is 12.3. The summed E-state index contributed by atoms with van der Waals surface area (Å²) in [6.07, 6.45) is 6.31. The largest absolute Gasteiger partial charge is 0.370 e. The maximum Gasteiger partial charge on any atom is 0.159 e. The molecule has 0 bridgehead atoms. The number of carbonyl (C=O) groups is 1. The van der Waals surface area contributed by atoms with E-state index in [4.69, 9.17) is 4.74 Å². The van der Waals surface area contributed by atoms with Crippen LogP contribution in [0.4, 0.5) is 0 Å². The molecule has 0 radical (unpaired) electrons. The number of ketones is 1. The number of aromatic nitrogens is 2. The number of nitrogens with zero attached hydrogens (tertiary/aromatic N) is 2. The Morgan fingerprint density at radius 1 is 1.33 bits per heavy atom. The van der Waals surface area contributed by atoms with Gasteiger partial charge in [0, 0.05) is 17.3 Å². The highest BCUT2D eigenvalue weighted by Crippen LogP contribution is 2.33. The van der Waals surface area contributed by atoms with Crippen molar-refractivity contribution in [2.45, 2.75) is 38.7 Å². The summed E-state index contributed by atoms with van der Waals surface area (Å²) in [5.41, 5.74) is 1.93. The summed E-state index contributed by atoms with van der Waals surface area (Å²) in [7, 11) is 0. The first-order chi connectivity index (χ1) is 10.2. The first kappa shape index (κ1) is 14.1. The molecule has 0 amide bonds. The van der Waals surface area contributed by atoms with E-state index in [-0.39, 0.29) is 18.5 Å². The summed E-state index contributed by atoms with van der Waals surface area (Å²) < 4.78 is 5.50. The van der Waals surface area contributed by atoms with Gasteiger partial charge in [0.25, 0.3) is 0 Å². The van der Waals surface area contributed by atoms with Gasteiger partial charge in [-0.05, 0) is 62.8 Å². The molecule has 0 aliphatic heterocycles. The Bertz CT molecular complexity index is 635. The molecule has 0 spiro atoms. The number of rotatable bonds is 6. The van der Waals surface area contributed by atoms with Crippen LogP contribution < -0.4 is 0 Å². The molecule has 2 aromatic heterocycles. The number of hydrogen-bond donors (Lipinski definition) is 0. The molecular formula is C17H20N2O2. The predicted molar refractivity (Wildman–Crippen MR) is 81.0 cm³/mol. The lowest BCUT2D eigenvalue weighted by atomic mass is 9.79. The fourth-order valence-corrected chi connectivity index (χ4v) is 2.76. The Labute approximate surface area is 124 Å². The van der Waals surface area contributed by atoms with Crippen molar-refractivity contribution in [3.05, 3.63) is 36.2 Å². The molecule has 4 heteroatoms. The zero-order valence-corrected chi connectivity index (χ0v) is 12.3. The molecule has 1 fully saturated rings. The quantitative estimate of drug-likeness (QED) is 0.818. The Kier molecular flexibility index (Phi) is 4.25. The van der Waals surface area contributed by atoms with Crippen LogP contribution in [0.15, 0.2) is 30.5 Å². The minimum Gasteiger partial charge on any atom is -0.370 e. The van der Waals surface area contributed by atoms with E-state index in [2.05, 4.69) is 22.1 Å². The fraction of sp³-hybridized carbons (Fsp3) is 0.471. The number of fused-ring (bicyclic) bond motifs is 1. The highest BCUT2D eigenvalue weighted by Gasteiger charge is 2.29. The van der Waals surface area contributed by atoms with Gasteiger partial charge in [-0.3, -0.25) is 4.79 Å². The Hall–Kier alpha value is -1.81. The van der Waals surface area contributed by atoms with Crippen molar-refractivity contribution in [2.24, 2.45) is 5.92 Å². The van der Waals surface area contributed by atoms with E-state index in [0.717, 1.165) is 42.4 Å². The molecule has 3 rings (SSSR count). The third-order valence-corrected chi connectivity index (χ3v) is 4.05. The van der Waals surface area contributed by atoms with Crippen LogP contribution in [-0.2, 0) is 16.0 Å². The highest BCUT2D eigenvalue weighted by atomic mass is 16.5. The summed E-state index contributed by atoms with van der Waals surface area (Å²) in [6, 6.07) is 8.14. The van der Waals surface area contributed by atoms with Crippen LogP contribution in [0.2, 0.25) is 0 Å². The molecule has 21 heavy (non-hydrogen) atoms. The minimum absolute atomic E-state index is 0.103. The maximum atomic E-state index is 10.8. The van der Waals surface area contributed by atoms with Gasteiger partial charge in [-0.15, -0.1) is 0 Å². The fourth-order valence-electron chi connectivity index (χ4n) is 2.76. The summed E-state index contributed by atoms with van der Waals surface area (Å²) in [5, 5.41) is 1.09. The molecule has 0 atom stereocenters. The monoisotopic (exact) mass is 284 g/mol. The van der Waals surface area contributed by atoms with E-state index < -0.39 is 0 Å². The van der Waals surface area contributed by atoms with Crippen molar-refractivity contribution in [1.29, 1.82) is 0 Å². The van der Waals surface area contributed by atoms with E-state index in [1.165, 1.54) is 0 Å². The van der Waals surface area contributed by atoms with Gasteiger partial charge in [-0.2, -0.15) is 0 Å². The second-order valence-corrected chi connectivity index (χ2v) is 5.86. The molecule has 1 aliphatic rings. The first-order valence-electron chi connectivity index (χ1n) is 7.52. The summed E-state index contributed by atoms with van der Waals surface area (Å²) >= 11 is 0. The lowest BCUT2D eigenvalue weighted by Crippen LogP contribution is -2.32. The molecule has 0 unspecified atom stereocenters. The number of pyridine rings is 2. The van der Waals surface area contributed by atoms with Gasteiger partial charge in [0.05, 0.1) is 6.10 Å². The van der Waals surface area contributed by atoms with Crippen molar-refractivity contribution in [1.82, 2.24) is 9.97 Å². The average molecular weight is 284 g/mol. The number of hydrogen-bond acceptors (Lipinski definition) is 4. The molecule has 1 aliphatic carbocycles. The summed E-state index contributed by atoms with van der Waals surface area (Å²) in [5.74, 6) is 0.800. The number of ether oxygens (including phenoxy) is 1. The molecule has 1 saturated carbocycles. The minimum atomic E-state index is 0.103. The molecule has 0 N–H and O–H groups in total. The van der Waals surface area contributed by atoms with Crippen LogP contribution in [-0.4, -0.2) is 28.5 Å². The van der Waals surface area contributed by atoms with Crippen LogP contribution in [0.3, 0.4) is 0 Å². The number of Topliss-reactive ketones (excluding diaryl/α,β-unsaturated/α-hetero) is 1. The molecule has 2 heterocycles. The van der Waals surface area contributed by atoms with Crippen LogP contribution in [0, 0.1) is 5.92 Å². The van der Waals surface area contributed by atoms with Gasteiger partial charge in [-0.25, -0.2) is 9.97 Å². The van der Waals surface area contributed by atoms with Gasteiger partial charge in [0.15, 0.2) is 11.4 Å². The second-order valence-electron chi connectivity index (χ2n) is 5.86. The molecule has 110 valence electrons. The van der Waals surface area contributed by atoms with E-state index in [0.29, 0.717) is 5.92 Å². The first-order valence-corrected chi connectivity index (χ1v) is 7.52. The van der Waals surface area contributed by atoms with Crippen molar-refractivity contribution in [3.63, 3.8) is 0 Å². The second kappa shape index (κ2) is 6.31. The van der Waals surface area contributed by atoms with Crippen molar-refractivity contribution < 1.29 is 9.53 Å². The van der Waals surface area contributed by atoms with E-state index >= 15 is 0 Å². The van der Waals surface area contributed by atoms with Crippen LogP contribution in [0.25, 0.3) is 11.0 Å². The maximum absolute atomic E-state index is 10.8. The molecule has 2 aromatic rings. The van der Waals surface area contributed by atoms with Crippen LogP contribution in [0.5, 0.6) is 0 Å². The standard InChI is InChI=1S/C17H20N2O2/c1-12(20)11-21-16-9-13(10-16)4-6-15-7-5-14-3-2-8-18-17(14)19-15/h2-3,5,7-8,13,16H,4,6,9-11H2,1H3. The normalized spacial score (nSPS) is 21.2. The third-order valence-electron chi connectivity index (χ3n) is 4.05. The summed E-state index contributed by atoms with van der Waals surface area (Å²) in [6.45, 7) is 1.82. The SMILES string of the molecule is CC(=O)COC1CC(CCc2ccc3cccnc3n2)C1. The van der Waals surface area contributed by atoms with Crippen molar-refractivity contribution in [3.8, 4) is 0 Å². The van der Waals surface area contributed by atoms with Crippen LogP contribution >= 0.6 is 0 Å². The number of aryl methyl sites for hydroxylation is 1. The van der Waals surface area contributed by atoms with Crippen molar-refractivity contribution >= 4 is 16.8 Å². The van der Waals surface area contributed by atoms with E-state index in [1.54, 1.807) is 13.1 Å². The van der Waals surface area contributed by atoms with Gasteiger partial charge in [0.2, 0.25) is 0 Å². The Balaban J connectivity index is 1.46. The molecular weight excluding hydrogens is 264 g/mol. The van der Waals surface area contributed by atoms with Gasteiger partial charge in [0.1, 0.15) is 6.61 Å². The molecule has 0 aromatic carbocycles. The highest BCUT2D eigenvalue weighted by molar-refractivity contribution is 5.76. The molecule has 0 saturated heterocycles. The third kappa shape index (κ3) is 3.64. The lowest BCUT2D eigenvalue weighted by Gasteiger charge is -2.34. The van der Waals surface area contributed by atoms with Crippen molar-refractivity contribution in [2.75, 3.05) is 6.61 Å². The average Bonchev–Trinajstić information content (AvgIpc) is 2.44. The zero-order chi connectivity index (χ0) is 14.7.